The number of hydrogen-bond donors (Lipinski definition) is 1. The van der Waals surface area contributed by atoms with Gasteiger partial charge in [0.2, 0.25) is 0 Å². The Labute approximate surface area is 197 Å². The van der Waals surface area contributed by atoms with Gasteiger partial charge in [-0.05, 0) is 86.0 Å². The fourth-order valence-electron chi connectivity index (χ4n) is 7.76. The maximum absolute atomic E-state index is 6.29. The molecule has 4 fully saturated rings. The van der Waals surface area contributed by atoms with Crippen LogP contribution in [-0.4, -0.2) is 12.1 Å². The van der Waals surface area contributed by atoms with Gasteiger partial charge in [-0.15, -0.1) is 0 Å². The molecule has 4 aliphatic rings. The largest absolute Gasteiger partial charge is 0.490 e. The van der Waals surface area contributed by atoms with Crippen LogP contribution in [0.5, 0.6) is 11.5 Å². The van der Waals surface area contributed by atoms with E-state index in [1.807, 2.05) is 37.3 Å². The second kappa shape index (κ2) is 8.25. The van der Waals surface area contributed by atoms with Crippen LogP contribution in [0.4, 0.5) is 0 Å². The first-order valence-electron chi connectivity index (χ1n) is 12.2. The van der Waals surface area contributed by atoms with E-state index in [9.17, 15) is 0 Å². The van der Waals surface area contributed by atoms with Gasteiger partial charge in [0.1, 0.15) is 6.61 Å². The lowest BCUT2D eigenvalue weighted by atomic mass is 9.43. The van der Waals surface area contributed by atoms with Crippen molar-refractivity contribution in [2.45, 2.75) is 78.0 Å². The van der Waals surface area contributed by atoms with Crippen LogP contribution in [0.1, 0.15) is 70.4 Å². The normalized spacial score (nSPS) is 32.8. The molecule has 0 aromatic heterocycles. The van der Waals surface area contributed by atoms with Crippen molar-refractivity contribution in [1.82, 2.24) is 5.32 Å². The zero-order chi connectivity index (χ0) is 22.4. The van der Waals surface area contributed by atoms with E-state index in [0.717, 1.165) is 34.5 Å². The van der Waals surface area contributed by atoms with Crippen molar-refractivity contribution in [3.05, 3.63) is 58.6 Å². The smallest absolute Gasteiger partial charge is 0.161 e. The van der Waals surface area contributed by atoms with E-state index >= 15 is 0 Å². The summed E-state index contributed by atoms with van der Waals surface area (Å²) in [7, 11) is 0. The monoisotopic (exact) mass is 453 g/mol. The summed E-state index contributed by atoms with van der Waals surface area (Å²) < 4.78 is 12.0. The number of hydrogen-bond acceptors (Lipinski definition) is 3. The minimum atomic E-state index is 0.300. The van der Waals surface area contributed by atoms with E-state index in [0.29, 0.717) is 29.6 Å². The molecule has 2 atom stereocenters. The first kappa shape index (κ1) is 22.1. The van der Waals surface area contributed by atoms with Gasteiger partial charge in [-0.2, -0.15) is 0 Å². The van der Waals surface area contributed by atoms with Crippen molar-refractivity contribution in [1.29, 1.82) is 0 Å². The van der Waals surface area contributed by atoms with E-state index in [-0.39, 0.29) is 0 Å². The molecule has 2 unspecified atom stereocenters. The standard InChI is InChI=1S/C28H36ClNO2/c1-4-31-25-11-20(9-10-24(25)32-16-22-7-5-6-8-23(22)29)15-30-28-14-21-12-26(2,18-28)17-27(3,13-21)19-28/h5-11,21,30H,4,12-19H2,1-3H3. The topological polar surface area (TPSA) is 30.5 Å². The van der Waals surface area contributed by atoms with E-state index < -0.39 is 0 Å². The van der Waals surface area contributed by atoms with Gasteiger partial charge in [-0.25, -0.2) is 0 Å². The number of nitrogens with one attached hydrogen (secondary N) is 1. The summed E-state index contributed by atoms with van der Waals surface area (Å²) in [4.78, 5) is 0. The molecule has 4 aliphatic carbocycles. The Hall–Kier alpha value is -1.71. The van der Waals surface area contributed by atoms with Gasteiger partial charge in [0.05, 0.1) is 6.61 Å². The first-order chi connectivity index (χ1) is 15.3. The zero-order valence-corrected chi connectivity index (χ0v) is 20.4. The van der Waals surface area contributed by atoms with Crippen LogP contribution in [0.3, 0.4) is 0 Å². The van der Waals surface area contributed by atoms with Gasteiger partial charge in [0.25, 0.3) is 0 Å². The summed E-state index contributed by atoms with van der Waals surface area (Å²) in [5.41, 5.74) is 3.58. The van der Waals surface area contributed by atoms with Crippen LogP contribution < -0.4 is 14.8 Å². The van der Waals surface area contributed by atoms with Crippen molar-refractivity contribution in [3.63, 3.8) is 0 Å². The molecule has 0 spiro atoms. The second-order valence-electron chi connectivity index (χ2n) is 11.4. The minimum absolute atomic E-state index is 0.300. The molecule has 172 valence electrons. The predicted octanol–water partition coefficient (Wildman–Crippen LogP) is 7.16. The SMILES string of the molecule is CCOc1cc(CNC23CC4CC(C)(CC(C)(C4)C2)C3)ccc1OCc1ccccc1Cl. The Balaban J connectivity index is 1.28. The first-order valence-corrected chi connectivity index (χ1v) is 12.5. The molecule has 6 rings (SSSR count). The maximum Gasteiger partial charge on any atom is 0.161 e. The van der Waals surface area contributed by atoms with Gasteiger partial charge in [0, 0.05) is 22.7 Å². The van der Waals surface area contributed by atoms with Gasteiger partial charge in [-0.1, -0.05) is 49.7 Å². The molecule has 0 aliphatic heterocycles. The molecule has 0 heterocycles. The molecule has 2 aromatic carbocycles. The molecule has 32 heavy (non-hydrogen) atoms. The van der Waals surface area contributed by atoms with Crippen LogP contribution in [0.2, 0.25) is 5.02 Å². The predicted molar refractivity (Wildman–Crippen MR) is 130 cm³/mol. The van der Waals surface area contributed by atoms with E-state index in [1.165, 1.54) is 44.1 Å². The highest BCUT2D eigenvalue weighted by molar-refractivity contribution is 6.31. The molecule has 1 N–H and O–H groups in total. The van der Waals surface area contributed by atoms with Crippen molar-refractivity contribution >= 4 is 11.6 Å². The molecule has 3 nitrogen and oxygen atoms in total. The van der Waals surface area contributed by atoms with E-state index in [2.05, 4.69) is 31.3 Å². The van der Waals surface area contributed by atoms with Gasteiger partial charge >= 0.3 is 0 Å². The van der Waals surface area contributed by atoms with Gasteiger partial charge < -0.3 is 14.8 Å². The van der Waals surface area contributed by atoms with E-state index in [1.54, 1.807) is 0 Å². The Bertz CT molecular complexity index is 971. The van der Waals surface area contributed by atoms with Crippen LogP contribution >= 0.6 is 11.6 Å². The average Bonchev–Trinajstić information content (AvgIpc) is 2.70. The summed E-state index contributed by atoms with van der Waals surface area (Å²) >= 11 is 6.29. The number of rotatable bonds is 8. The fourth-order valence-corrected chi connectivity index (χ4v) is 7.95. The van der Waals surface area contributed by atoms with Gasteiger partial charge in [-0.3, -0.25) is 0 Å². The average molecular weight is 454 g/mol. The molecule has 4 saturated carbocycles. The molecule has 4 heteroatoms. The lowest BCUT2D eigenvalue weighted by Crippen LogP contribution is -2.63. The zero-order valence-electron chi connectivity index (χ0n) is 19.7. The highest BCUT2D eigenvalue weighted by Crippen LogP contribution is 2.66. The van der Waals surface area contributed by atoms with Gasteiger partial charge in [0.15, 0.2) is 11.5 Å². The number of ether oxygens (including phenoxy) is 2. The lowest BCUT2D eigenvalue weighted by molar-refractivity contribution is -0.118. The van der Waals surface area contributed by atoms with E-state index in [4.69, 9.17) is 21.1 Å². The highest BCUT2D eigenvalue weighted by Gasteiger charge is 2.59. The van der Waals surface area contributed by atoms with Crippen molar-refractivity contribution in [3.8, 4) is 11.5 Å². The van der Waals surface area contributed by atoms with Crippen molar-refractivity contribution < 1.29 is 9.47 Å². The van der Waals surface area contributed by atoms with Crippen LogP contribution in [0.15, 0.2) is 42.5 Å². The Morgan fingerprint density at radius 3 is 2.38 bits per heavy atom. The fraction of sp³-hybridized carbons (Fsp3) is 0.571. The third kappa shape index (κ3) is 4.39. The summed E-state index contributed by atoms with van der Waals surface area (Å²) in [6.45, 7) is 9.00. The summed E-state index contributed by atoms with van der Waals surface area (Å²) in [5.74, 6) is 2.47. The van der Waals surface area contributed by atoms with Crippen LogP contribution in [0.25, 0.3) is 0 Å². The van der Waals surface area contributed by atoms with Crippen LogP contribution in [-0.2, 0) is 13.2 Å². The molecule has 0 saturated heterocycles. The summed E-state index contributed by atoms with van der Waals surface area (Å²) in [6.07, 6.45) is 8.25. The molecular weight excluding hydrogens is 418 g/mol. The maximum atomic E-state index is 6.29. The third-order valence-electron chi connectivity index (χ3n) is 7.94. The molecule has 0 radical (unpaired) electrons. The molecule has 4 bridgehead atoms. The Morgan fingerprint density at radius 2 is 1.69 bits per heavy atom. The molecule has 2 aromatic rings. The summed E-state index contributed by atoms with van der Waals surface area (Å²) in [5, 5.41) is 4.76. The second-order valence-corrected chi connectivity index (χ2v) is 11.8. The minimum Gasteiger partial charge on any atom is -0.490 e. The van der Waals surface area contributed by atoms with Crippen molar-refractivity contribution in [2.24, 2.45) is 16.7 Å². The quantitative estimate of drug-likeness (QED) is 0.460. The van der Waals surface area contributed by atoms with Crippen molar-refractivity contribution in [2.75, 3.05) is 6.61 Å². The highest BCUT2D eigenvalue weighted by atomic mass is 35.5. The third-order valence-corrected chi connectivity index (χ3v) is 8.31. The number of halogens is 1. The molecule has 0 amide bonds. The Morgan fingerprint density at radius 1 is 0.938 bits per heavy atom. The Kier molecular flexibility index (Phi) is 5.70. The molecular formula is C28H36ClNO2. The number of benzene rings is 2. The van der Waals surface area contributed by atoms with Crippen LogP contribution in [0, 0.1) is 16.7 Å². The lowest BCUT2D eigenvalue weighted by Gasteiger charge is -2.65. The summed E-state index contributed by atoms with van der Waals surface area (Å²) in [6, 6.07) is 14.2.